The van der Waals surface area contributed by atoms with Crippen molar-refractivity contribution in [3.63, 3.8) is 0 Å². The summed E-state index contributed by atoms with van der Waals surface area (Å²) < 4.78 is 0. The second kappa shape index (κ2) is 10.9. The fourth-order valence-electron chi connectivity index (χ4n) is 3.73. The van der Waals surface area contributed by atoms with Gasteiger partial charge in [0.2, 0.25) is 0 Å². The van der Waals surface area contributed by atoms with Gasteiger partial charge in [0.25, 0.3) is 0 Å². The largest absolute Gasteiger partial charge is 0.0888 e. The number of benzene rings is 3. The Balaban J connectivity index is 2.04. The highest BCUT2D eigenvalue weighted by Gasteiger charge is 2.24. The lowest BCUT2D eigenvalue weighted by Crippen LogP contribution is -2.26. The van der Waals surface area contributed by atoms with Crippen LogP contribution in [0, 0.1) is 0 Å². The van der Waals surface area contributed by atoms with Gasteiger partial charge in [-0.05, 0) is 54.9 Å². The molecule has 0 radical (unpaired) electrons. The molecule has 0 aromatic heterocycles. The summed E-state index contributed by atoms with van der Waals surface area (Å²) in [4.78, 5) is 0. The summed E-state index contributed by atoms with van der Waals surface area (Å²) in [5, 5.41) is 4.33. The molecule has 0 aliphatic rings. The van der Waals surface area contributed by atoms with Crippen molar-refractivity contribution in [2.75, 3.05) is 0 Å². The van der Waals surface area contributed by atoms with Gasteiger partial charge in [0.05, 0.1) is 0 Å². The smallest absolute Gasteiger partial charge is 0.0163 e. The van der Waals surface area contributed by atoms with E-state index in [0.717, 1.165) is 12.8 Å². The summed E-state index contributed by atoms with van der Waals surface area (Å²) in [6.45, 7) is 0.439. The molecule has 0 aliphatic heterocycles. The van der Waals surface area contributed by atoms with E-state index in [1.165, 1.54) is 35.2 Å². The first-order chi connectivity index (χ1) is 13.9. The van der Waals surface area contributed by atoms with Crippen LogP contribution < -0.4 is 15.9 Å². The van der Waals surface area contributed by atoms with Crippen LogP contribution >= 0.6 is 6.89 Å². The molecule has 3 rings (SSSR count). The van der Waals surface area contributed by atoms with Crippen LogP contribution in [-0.2, 0) is 0 Å². The van der Waals surface area contributed by atoms with Crippen molar-refractivity contribution in [2.45, 2.75) is 39.0 Å². The molecule has 1 heteroatoms. The maximum Gasteiger partial charge on any atom is -0.0163 e. The van der Waals surface area contributed by atoms with Gasteiger partial charge in [-0.2, -0.15) is 0 Å². The van der Waals surface area contributed by atoms with Crippen molar-refractivity contribution in [2.24, 2.45) is 0 Å². The molecule has 0 saturated carbocycles. The van der Waals surface area contributed by atoms with Crippen LogP contribution in [0.25, 0.3) is 0 Å². The van der Waals surface area contributed by atoms with Crippen LogP contribution in [-0.4, -0.2) is 5.80 Å². The second-order valence-electron chi connectivity index (χ2n) is 7.08. The molecular weight excluding hydrogens is 355 g/mol. The Labute approximate surface area is 170 Å². The van der Waals surface area contributed by atoms with E-state index >= 15 is 0 Å². The fraction of sp³-hybridized carbons (Fsp3) is 0.222. The first-order valence-electron chi connectivity index (χ1n) is 10.4. The Morgan fingerprint density at radius 3 is 1.43 bits per heavy atom. The molecular formula is C27H31P. The Morgan fingerprint density at radius 1 is 0.571 bits per heavy atom. The maximum atomic E-state index is 2.65. The van der Waals surface area contributed by atoms with Crippen molar-refractivity contribution in [1.82, 2.24) is 0 Å². The van der Waals surface area contributed by atoms with Gasteiger partial charge in [-0.25, -0.2) is 0 Å². The lowest BCUT2D eigenvalue weighted by Gasteiger charge is -2.29. The molecule has 0 fully saturated rings. The van der Waals surface area contributed by atoms with Crippen LogP contribution in [0.2, 0.25) is 0 Å². The van der Waals surface area contributed by atoms with Crippen molar-refractivity contribution < 1.29 is 0 Å². The van der Waals surface area contributed by atoms with Crippen LogP contribution in [0.3, 0.4) is 0 Å². The molecule has 28 heavy (non-hydrogen) atoms. The first-order valence-corrected chi connectivity index (χ1v) is 12.3. The minimum atomic E-state index is -1.76. The molecule has 0 amide bonds. The molecule has 0 heterocycles. The highest BCUT2D eigenvalue weighted by Crippen LogP contribution is 2.44. The lowest BCUT2D eigenvalue weighted by molar-refractivity contribution is 0.784. The average Bonchev–Trinajstić information content (AvgIpc) is 2.78. The molecule has 0 atom stereocenters. The summed E-state index contributed by atoms with van der Waals surface area (Å²) in [6.07, 6.45) is 10.6. The number of hydrogen-bond donors (Lipinski definition) is 0. The average molecular weight is 387 g/mol. The summed E-state index contributed by atoms with van der Waals surface area (Å²) in [7, 11) is 0. The molecule has 0 spiro atoms. The van der Waals surface area contributed by atoms with Crippen LogP contribution in [0.5, 0.6) is 0 Å². The van der Waals surface area contributed by atoms with Crippen molar-refractivity contribution in [3.05, 3.63) is 103 Å². The van der Waals surface area contributed by atoms with Gasteiger partial charge in [0, 0.05) is 0 Å². The molecule has 0 unspecified atom stereocenters. The fourth-order valence-corrected chi connectivity index (χ4v) is 7.75. The van der Waals surface area contributed by atoms with Crippen LogP contribution in [0.1, 0.15) is 39.0 Å². The van der Waals surface area contributed by atoms with Gasteiger partial charge in [-0.15, -0.1) is 0 Å². The third kappa shape index (κ3) is 4.94. The minimum Gasteiger partial charge on any atom is -0.0888 e. The normalized spacial score (nSPS) is 11.6. The van der Waals surface area contributed by atoms with Gasteiger partial charge in [-0.1, -0.05) is 116 Å². The van der Waals surface area contributed by atoms with Gasteiger partial charge in [0.1, 0.15) is 0 Å². The number of hydrogen-bond acceptors (Lipinski definition) is 0. The summed E-state index contributed by atoms with van der Waals surface area (Å²) in [5.74, 6) is 2.65. The quantitative estimate of drug-likeness (QED) is 0.230. The summed E-state index contributed by atoms with van der Waals surface area (Å²) in [6, 6.07) is 33.3. The minimum absolute atomic E-state index is 1.14. The van der Waals surface area contributed by atoms with Gasteiger partial charge >= 0.3 is 0 Å². The Bertz CT molecular complexity index is 789. The van der Waals surface area contributed by atoms with Crippen molar-refractivity contribution in [3.8, 4) is 0 Å². The summed E-state index contributed by atoms with van der Waals surface area (Å²) >= 11 is 0. The summed E-state index contributed by atoms with van der Waals surface area (Å²) in [5.41, 5.74) is 0. The van der Waals surface area contributed by atoms with E-state index in [1.807, 2.05) is 0 Å². The predicted molar refractivity (Wildman–Crippen MR) is 129 cm³/mol. The molecule has 3 aromatic rings. The number of allylic oxidation sites excluding steroid dienone is 2. The predicted octanol–water partition coefficient (Wildman–Crippen LogP) is 6.31. The van der Waals surface area contributed by atoms with E-state index < -0.39 is 6.89 Å². The van der Waals surface area contributed by atoms with Gasteiger partial charge in [0.15, 0.2) is 0 Å². The Hall–Kier alpha value is -2.30. The van der Waals surface area contributed by atoms with E-state index in [9.17, 15) is 0 Å². The molecule has 0 saturated heterocycles. The zero-order valence-corrected chi connectivity index (χ0v) is 17.8. The zero-order valence-electron chi connectivity index (χ0n) is 16.9. The highest BCUT2D eigenvalue weighted by atomic mass is 31.2. The van der Waals surface area contributed by atoms with Gasteiger partial charge in [-0.3, -0.25) is 0 Å². The Kier molecular flexibility index (Phi) is 7.94. The molecule has 0 nitrogen and oxygen atoms in total. The topological polar surface area (TPSA) is 0 Å². The van der Waals surface area contributed by atoms with E-state index in [-0.39, 0.29) is 0 Å². The number of rotatable bonds is 9. The maximum absolute atomic E-state index is 2.65. The SMILES string of the molecule is CCC=CCCCCC=P(c1ccccc1)(c1ccccc1)c1ccccc1. The third-order valence-corrected chi connectivity index (χ3v) is 9.26. The van der Waals surface area contributed by atoms with Crippen LogP contribution in [0.4, 0.5) is 0 Å². The van der Waals surface area contributed by atoms with Crippen LogP contribution in [0.15, 0.2) is 103 Å². The molecule has 0 N–H and O–H groups in total. The molecule has 3 aromatic carbocycles. The Morgan fingerprint density at radius 2 is 1.00 bits per heavy atom. The van der Waals surface area contributed by atoms with Crippen molar-refractivity contribution >= 4 is 28.6 Å². The third-order valence-electron chi connectivity index (χ3n) is 5.12. The van der Waals surface area contributed by atoms with E-state index in [0.29, 0.717) is 0 Å². The zero-order chi connectivity index (χ0) is 19.5. The monoisotopic (exact) mass is 386 g/mol. The first kappa shape index (κ1) is 20.4. The van der Waals surface area contributed by atoms with E-state index in [1.54, 1.807) is 0 Å². The van der Waals surface area contributed by atoms with Gasteiger partial charge < -0.3 is 0 Å². The second-order valence-corrected chi connectivity index (χ2v) is 10.4. The molecule has 0 aliphatic carbocycles. The molecule has 0 bridgehead atoms. The number of unbranched alkanes of at least 4 members (excludes halogenated alkanes) is 3. The molecule has 144 valence electrons. The van der Waals surface area contributed by atoms with E-state index in [4.69, 9.17) is 0 Å². The van der Waals surface area contributed by atoms with E-state index in [2.05, 4.69) is 116 Å². The van der Waals surface area contributed by atoms with Crippen molar-refractivity contribution in [1.29, 1.82) is 0 Å². The standard InChI is InChI=1S/C27H31P/c1-2-3-4-5-6-7-17-24-28(25-18-11-8-12-19-25,26-20-13-9-14-21-26)27-22-15-10-16-23-27/h3-4,8-16,18-24H,2,5-7,17H2,1H3. The highest BCUT2D eigenvalue weighted by molar-refractivity contribution is 7.94. The lowest BCUT2D eigenvalue weighted by atomic mass is 10.2.